The van der Waals surface area contributed by atoms with Crippen LogP contribution >= 0.6 is 11.6 Å². The summed E-state index contributed by atoms with van der Waals surface area (Å²) in [4.78, 5) is 41.7. The molecule has 9 heteroatoms. The van der Waals surface area contributed by atoms with Crippen LogP contribution in [0.4, 0.5) is 0 Å². The molecule has 164 valence electrons. The predicted octanol–water partition coefficient (Wildman–Crippen LogP) is 2.79. The summed E-state index contributed by atoms with van der Waals surface area (Å²) in [5.41, 5.74) is 1.90. The van der Waals surface area contributed by atoms with E-state index in [4.69, 9.17) is 21.7 Å². The van der Waals surface area contributed by atoms with E-state index in [2.05, 4.69) is 10.1 Å². The molecule has 3 rings (SSSR count). The molecule has 0 bridgehead atoms. The molecule has 1 fully saturated rings. The van der Waals surface area contributed by atoms with E-state index in [1.54, 1.807) is 0 Å². The first-order valence-corrected chi connectivity index (χ1v) is 9.52. The molecule has 2 aromatic rings. The quantitative estimate of drug-likeness (QED) is 0.315. The molecule has 31 heavy (non-hydrogen) atoms. The van der Waals surface area contributed by atoms with E-state index < -0.39 is 23.3 Å². The van der Waals surface area contributed by atoms with Crippen LogP contribution in [-0.4, -0.2) is 42.0 Å². The number of hydrogen-bond donors (Lipinski definition) is 2. The molecule has 1 aliphatic rings. The summed E-state index contributed by atoms with van der Waals surface area (Å²) >= 11 is 4.81. The summed E-state index contributed by atoms with van der Waals surface area (Å²) in [7, 11) is 0. The molecule has 1 saturated heterocycles. The maximum Gasteiger partial charge on any atom is 0.303 e. The Morgan fingerprint density at radius 3 is 1.90 bits per heavy atom. The summed E-state index contributed by atoms with van der Waals surface area (Å²) < 4.78 is 9.10. The molecule has 0 radical (unpaired) electrons. The predicted molar refractivity (Wildman–Crippen MR) is 115 cm³/mol. The number of rotatable bonds is 5. The largest absolute Gasteiger partial charge is 0.456 e. The van der Waals surface area contributed by atoms with Gasteiger partial charge in [0, 0.05) is 20.1 Å². The fourth-order valence-electron chi connectivity index (χ4n) is 2.29. The van der Waals surface area contributed by atoms with Crippen molar-refractivity contribution < 1.29 is 28.7 Å². The van der Waals surface area contributed by atoms with Gasteiger partial charge in [0.1, 0.15) is 6.04 Å². The molecule has 2 atom stereocenters. The Balaban J connectivity index is 0.000000256. The van der Waals surface area contributed by atoms with Crippen molar-refractivity contribution in [3.05, 3.63) is 71.8 Å². The van der Waals surface area contributed by atoms with Crippen LogP contribution < -0.4 is 5.32 Å². The molecule has 0 unspecified atom stereocenters. The Morgan fingerprint density at radius 2 is 1.55 bits per heavy atom. The van der Waals surface area contributed by atoms with Gasteiger partial charge < -0.3 is 20.2 Å². The van der Waals surface area contributed by atoms with Crippen LogP contribution in [0.1, 0.15) is 31.0 Å². The summed E-state index contributed by atoms with van der Waals surface area (Å²) in [6, 6.07) is 18.8. The second-order valence-corrected chi connectivity index (χ2v) is 6.54. The monoisotopic (exact) mass is 446 g/mol. The van der Waals surface area contributed by atoms with E-state index in [1.165, 1.54) is 20.1 Å². The van der Waals surface area contributed by atoms with Crippen LogP contribution in [0.2, 0.25) is 0 Å². The van der Waals surface area contributed by atoms with Crippen molar-refractivity contribution in [3.8, 4) is 0 Å². The van der Waals surface area contributed by atoms with Crippen LogP contribution in [0.3, 0.4) is 0 Å². The smallest absolute Gasteiger partial charge is 0.303 e. The Bertz CT molecular complexity index is 875. The van der Waals surface area contributed by atoms with Gasteiger partial charge in [0.05, 0.1) is 0 Å². The summed E-state index contributed by atoms with van der Waals surface area (Å²) in [6.07, 6.45) is 0.657. The first-order valence-electron chi connectivity index (χ1n) is 9.14. The van der Waals surface area contributed by atoms with E-state index in [1.807, 2.05) is 60.7 Å². The van der Waals surface area contributed by atoms with Gasteiger partial charge in [-0.25, -0.2) is 0 Å². The number of halogens is 1. The van der Waals surface area contributed by atoms with Crippen molar-refractivity contribution in [1.82, 2.24) is 5.32 Å². The standard InChI is InChI=1S/C11H11NO3.C7H7N.C4H5ClO3/c1-7(13)15-10-9(12-11(10)14)8-5-3-2-4-6-8;8-6-7-4-2-1-3-5-7;1-3(6)8-2-4(5)7/h2-6,9-10H,1H3,(H,12,14);1-6,8H;2H2,1H3/t9-,10+;;/m0../s1. The highest BCUT2D eigenvalue weighted by Gasteiger charge is 2.42. The van der Waals surface area contributed by atoms with Crippen molar-refractivity contribution in [2.45, 2.75) is 26.0 Å². The maximum atomic E-state index is 11.2. The minimum Gasteiger partial charge on any atom is -0.456 e. The Kier molecular flexibility index (Phi) is 11.2. The second-order valence-electron chi connectivity index (χ2n) is 6.12. The van der Waals surface area contributed by atoms with Crippen LogP contribution in [0.5, 0.6) is 0 Å². The van der Waals surface area contributed by atoms with Crippen LogP contribution in [-0.2, 0) is 28.7 Å². The lowest BCUT2D eigenvalue weighted by Gasteiger charge is -2.35. The van der Waals surface area contributed by atoms with Gasteiger partial charge in [-0.15, -0.1) is 0 Å². The Labute approximate surface area is 185 Å². The topological polar surface area (TPSA) is 123 Å². The molecule has 0 aromatic heterocycles. The molecule has 0 spiro atoms. The van der Waals surface area contributed by atoms with Gasteiger partial charge in [-0.1, -0.05) is 60.7 Å². The van der Waals surface area contributed by atoms with Gasteiger partial charge >= 0.3 is 11.9 Å². The first kappa shape index (κ1) is 25.5. The maximum absolute atomic E-state index is 11.2. The SMILES string of the molecule is CC(=O)OCC(=O)Cl.CC(=O)O[C@H]1C(=O)N[C@H]1c1ccccc1.N=Cc1ccccc1. The fraction of sp³-hybridized carbons (Fsp3) is 0.227. The summed E-state index contributed by atoms with van der Waals surface area (Å²) in [6.45, 7) is 2.17. The van der Waals surface area contributed by atoms with Gasteiger partial charge in [-0.3, -0.25) is 19.2 Å². The lowest BCUT2D eigenvalue weighted by atomic mass is 9.94. The van der Waals surface area contributed by atoms with Gasteiger partial charge in [0.25, 0.3) is 11.1 Å². The molecule has 8 nitrogen and oxygen atoms in total. The average Bonchev–Trinajstić information content (AvgIpc) is 2.76. The number of ether oxygens (including phenoxy) is 2. The fourth-order valence-corrected chi connectivity index (χ4v) is 2.35. The summed E-state index contributed by atoms with van der Waals surface area (Å²) in [5.74, 6) is -1.17. The Morgan fingerprint density at radius 1 is 1.00 bits per heavy atom. The van der Waals surface area contributed by atoms with Gasteiger partial charge in [0.2, 0.25) is 6.10 Å². The highest BCUT2D eigenvalue weighted by Crippen LogP contribution is 2.26. The number of benzene rings is 2. The lowest BCUT2D eigenvalue weighted by Crippen LogP contribution is -2.57. The molecule has 2 N–H and O–H groups in total. The summed E-state index contributed by atoms with van der Waals surface area (Å²) in [5, 5.41) is 8.85. The van der Waals surface area contributed by atoms with Crippen molar-refractivity contribution in [1.29, 1.82) is 5.41 Å². The zero-order valence-electron chi connectivity index (χ0n) is 17.0. The van der Waals surface area contributed by atoms with E-state index >= 15 is 0 Å². The second kappa shape index (κ2) is 13.7. The van der Waals surface area contributed by atoms with Crippen molar-refractivity contribution in [3.63, 3.8) is 0 Å². The molecule has 2 aromatic carbocycles. The van der Waals surface area contributed by atoms with Crippen LogP contribution in [0.25, 0.3) is 0 Å². The molecule has 0 aliphatic carbocycles. The van der Waals surface area contributed by atoms with Crippen molar-refractivity contribution >= 4 is 40.9 Å². The van der Waals surface area contributed by atoms with Gasteiger partial charge in [-0.2, -0.15) is 0 Å². The minimum atomic E-state index is -0.676. The van der Waals surface area contributed by atoms with E-state index in [0.29, 0.717) is 0 Å². The average molecular weight is 447 g/mol. The van der Waals surface area contributed by atoms with Crippen molar-refractivity contribution in [2.75, 3.05) is 6.61 Å². The van der Waals surface area contributed by atoms with E-state index in [9.17, 15) is 19.2 Å². The number of β-lactam (4-membered cyclic amide) rings is 1. The molecule has 1 heterocycles. The number of carbonyl (C=O) groups excluding carboxylic acids is 4. The lowest BCUT2D eigenvalue weighted by molar-refractivity contribution is -0.164. The normalized spacial score (nSPS) is 15.9. The molecular weight excluding hydrogens is 424 g/mol. The highest BCUT2D eigenvalue weighted by atomic mass is 35.5. The van der Waals surface area contributed by atoms with Crippen LogP contribution in [0, 0.1) is 5.41 Å². The van der Waals surface area contributed by atoms with Crippen molar-refractivity contribution in [2.24, 2.45) is 0 Å². The Hall–Kier alpha value is -3.52. The van der Waals surface area contributed by atoms with E-state index in [0.717, 1.165) is 11.1 Å². The highest BCUT2D eigenvalue weighted by molar-refractivity contribution is 6.64. The third-order valence-electron chi connectivity index (χ3n) is 3.67. The number of hydrogen-bond acceptors (Lipinski definition) is 7. The van der Waals surface area contributed by atoms with Gasteiger partial charge in [-0.05, 0) is 22.7 Å². The van der Waals surface area contributed by atoms with E-state index in [-0.39, 0.29) is 18.6 Å². The molecule has 0 saturated carbocycles. The molecule has 1 aliphatic heterocycles. The zero-order valence-corrected chi connectivity index (χ0v) is 17.8. The zero-order chi connectivity index (χ0) is 23.2. The third-order valence-corrected chi connectivity index (χ3v) is 3.77. The number of nitrogens with one attached hydrogen (secondary N) is 2. The molecular formula is C22H23ClN2O6. The third kappa shape index (κ3) is 10.2. The van der Waals surface area contributed by atoms with Crippen LogP contribution in [0.15, 0.2) is 60.7 Å². The molecule has 1 amide bonds. The number of carbonyl (C=O) groups is 4. The minimum absolute atomic E-state index is 0.206. The number of esters is 2. The number of amides is 1. The first-order chi connectivity index (χ1) is 14.7. The van der Waals surface area contributed by atoms with Gasteiger partial charge in [0.15, 0.2) is 6.61 Å².